The molecule has 0 aliphatic carbocycles. The third-order valence-electron chi connectivity index (χ3n) is 3.10. The van der Waals surface area contributed by atoms with Crippen LogP contribution in [-0.4, -0.2) is 34.0 Å². The lowest BCUT2D eigenvalue weighted by atomic mass is 10.0. The predicted octanol–water partition coefficient (Wildman–Crippen LogP) is 2.16. The van der Waals surface area contributed by atoms with E-state index in [1.54, 1.807) is 6.20 Å². The summed E-state index contributed by atoms with van der Waals surface area (Å²) in [4.78, 5) is 4.20. The van der Waals surface area contributed by atoms with Gasteiger partial charge in [0, 0.05) is 51.7 Å². The van der Waals surface area contributed by atoms with Crippen molar-refractivity contribution in [1.82, 2.24) is 10.3 Å². The molecular weight excluding hydrogens is 250 g/mol. The number of aromatic nitrogens is 1. The van der Waals surface area contributed by atoms with Gasteiger partial charge in [-0.25, -0.2) is 0 Å². The van der Waals surface area contributed by atoms with Crippen molar-refractivity contribution < 1.29 is 0 Å². The Bertz CT molecular complexity index is 373. The second-order valence-corrected chi connectivity index (χ2v) is 6.95. The third-order valence-corrected chi connectivity index (χ3v) is 6.29. The second kappa shape index (κ2) is 5.98. The van der Waals surface area contributed by atoms with E-state index in [2.05, 4.69) is 17.2 Å². The molecule has 1 fully saturated rings. The molecule has 0 amide bonds. The number of hydrogen-bond donors (Lipinski definition) is 2. The summed E-state index contributed by atoms with van der Waals surface area (Å²) in [6, 6.07) is 2.17. The van der Waals surface area contributed by atoms with Crippen molar-refractivity contribution >= 4 is 29.2 Å². The summed E-state index contributed by atoms with van der Waals surface area (Å²) in [5, 5.41) is 4.61. The van der Waals surface area contributed by atoms with Crippen LogP contribution in [0.2, 0.25) is 0 Å². The van der Waals surface area contributed by atoms with E-state index in [0.717, 1.165) is 11.3 Å². The molecule has 0 radical (unpaired) electrons. The maximum Gasteiger partial charge on any atom is 0.0484 e. The van der Waals surface area contributed by atoms with Gasteiger partial charge in [0.15, 0.2) is 0 Å². The number of rotatable bonds is 3. The molecule has 0 saturated carbocycles. The molecule has 1 aliphatic rings. The minimum Gasteiger partial charge on any atom is -0.398 e. The lowest BCUT2D eigenvalue weighted by Crippen LogP contribution is -2.36. The highest BCUT2D eigenvalue weighted by Crippen LogP contribution is 2.39. The van der Waals surface area contributed by atoms with Crippen molar-refractivity contribution in [3.8, 4) is 0 Å². The zero-order valence-electron chi connectivity index (χ0n) is 10.2. The quantitative estimate of drug-likeness (QED) is 0.880. The minimum atomic E-state index is 0.288. The van der Waals surface area contributed by atoms with E-state index in [4.69, 9.17) is 5.73 Å². The normalized spacial score (nSPS) is 26.7. The topological polar surface area (TPSA) is 50.9 Å². The molecule has 5 heteroatoms. The van der Waals surface area contributed by atoms with Crippen molar-refractivity contribution in [2.45, 2.75) is 23.5 Å². The van der Waals surface area contributed by atoms with Gasteiger partial charge in [0.2, 0.25) is 0 Å². The molecule has 2 rings (SSSR count). The molecule has 0 aromatic carbocycles. The number of nitrogens with two attached hydrogens (primary N) is 1. The molecule has 1 aromatic rings. The molecule has 3 nitrogen and oxygen atoms in total. The Balaban J connectivity index is 2.23. The first-order valence-electron chi connectivity index (χ1n) is 5.84. The maximum atomic E-state index is 6.05. The van der Waals surface area contributed by atoms with Crippen LogP contribution < -0.4 is 11.1 Å². The van der Waals surface area contributed by atoms with Crippen LogP contribution in [0.25, 0.3) is 0 Å². The van der Waals surface area contributed by atoms with Crippen molar-refractivity contribution in [2.75, 3.05) is 24.3 Å². The number of hydrogen-bond acceptors (Lipinski definition) is 5. The Morgan fingerprint density at radius 2 is 2.24 bits per heavy atom. The fraction of sp³-hybridized carbons (Fsp3) is 0.583. The van der Waals surface area contributed by atoms with Gasteiger partial charge in [-0.2, -0.15) is 23.5 Å². The number of nitrogen functional groups attached to an aromatic ring is 1. The fourth-order valence-corrected chi connectivity index (χ4v) is 5.17. The SMILES string of the molecule is CNC(c1cnccc1N)C1SCCSC1C. The van der Waals surface area contributed by atoms with Crippen molar-refractivity contribution in [3.05, 3.63) is 24.0 Å². The van der Waals surface area contributed by atoms with Crippen LogP contribution in [-0.2, 0) is 0 Å². The summed E-state index contributed by atoms with van der Waals surface area (Å²) in [6.45, 7) is 2.30. The van der Waals surface area contributed by atoms with E-state index in [1.165, 1.54) is 11.5 Å². The smallest absolute Gasteiger partial charge is 0.0484 e. The van der Waals surface area contributed by atoms with Gasteiger partial charge in [0.1, 0.15) is 0 Å². The van der Waals surface area contributed by atoms with E-state index < -0.39 is 0 Å². The van der Waals surface area contributed by atoms with Crippen molar-refractivity contribution in [1.29, 1.82) is 0 Å². The molecule has 1 aromatic heterocycles. The Kier molecular flexibility index (Phi) is 4.59. The Morgan fingerprint density at radius 3 is 2.88 bits per heavy atom. The maximum absolute atomic E-state index is 6.05. The highest BCUT2D eigenvalue weighted by Gasteiger charge is 2.31. The molecule has 3 unspecified atom stereocenters. The number of pyridine rings is 1. The summed E-state index contributed by atoms with van der Waals surface area (Å²) < 4.78 is 0. The molecular formula is C12H19N3S2. The number of thioether (sulfide) groups is 2. The molecule has 1 aliphatic heterocycles. The van der Waals surface area contributed by atoms with E-state index in [0.29, 0.717) is 10.5 Å². The van der Waals surface area contributed by atoms with Crippen molar-refractivity contribution in [2.24, 2.45) is 0 Å². The largest absolute Gasteiger partial charge is 0.398 e. The third kappa shape index (κ3) is 2.89. The van der Waals surface area contributed by atoms with Crippen LogP contribution in [0.3, 0.4) is 0 Å². The number of nitrogens with zero attached hydrogens (tertiary/aromatic N) is 1. The lowest BCUT2D eigenvalue weighted by Gasteiger charge is -2.34. The fourth-order valence-electron chi connectivity index (χ4n) is 2.19. The average Bonchev–Trinajstić information content (AvgIpc) is 2.34. The summed E-state index contributed by atoms with van der Waals surface area (Å²) in [5.41, 5.74) is 8.02. The highest BCUT2D eigenvalue weighted by atomic mass is 32.2. The lowest BCUT2D eigenvalue weighted by molar-refractivity contribution is 0.560. The Morgan fingerprint density at radius 1 is 1.47 bits per heavy atom. The van der Waals surface area contributed by atoms with Crippen molar-refractivity contribution in [3.63, 3.8) is 0 Å². The van der Waals surface area contributed by atoms with E-state index in [-0.39, 0.29) is 6.04 Å². The zero-order chi connectivity index (χ0) is 12.3. The van der Waals surface area contributed by atoms with Gasteiger partial charge in [-0.05, 0) is 13.1 Å². The molecule has 17 heavy (non-hydrogen) atoms. The minimum absolute atomic E-state index is 0.288. The first-order valence-corrected chi connectivity index (χ1v) is 7.93. The molecule has 0 bridgehead atoms. The summed E-state index contributed by atoms with van der Waals surface area (Å²) in [5.74, 6) is 2.47. The van der Waals surface area contributed by atoms with E-state index in [9.17, 15) is 0 Å². The summed E-state index contributed by atoms with van der Waals surface area (Å²) in [6.07, 6.45) is 3.64. The van der Waals surface area contributed by atoms with Crippen LogP contribution in [0.15, 0.2) is 18.5 Å². The predicted molar refractivity (Wildman–Crippen MR) is 78.6 cm³/mol. The molecule has 3 atom stereocenters. The first-order chi connectivity index (χ1) is 8.24. The van der Waals surface area contributed by atoms with Crippen LogP contribution in [0.5, 0.6) is 0 Å². The molecule has 0 spiro atoms. The average molecular weight is 269 g/mol. The number of anilines is 1. The first kappa shape index (κ1) is 13.1. The van der Waals surface area contributed by atoms with E-state index in [1.807, 2.05) is 42.8 Å². The molecule has 1 saturated heterocycles. The van der Waals surface area contributed by atoms with Crippen LogP contribution in [0.4, 0.5) is 5.69 Å². The standard InChI is InChI=1S/C12H19N3S2/c1-8-12(17-6-5-16-8)11(14-2)9-7-15-4-3-10(9)13/h3-4,7-8,11-12,14H,5-6H2,1-2H3,(H2,13,15). The van der Waals surface area contributed by atoms with Gasteiger partial charge in [-0.15, -0.1) is 0 Å². The molecule has 94 valence electrons. The van der Waals surface area contributed by atoms with E-state index >= 15 is 0 Å². The highest BCUT2D eigenvalue weighted by molar-refractivity contribution is 8.07. The van der Waals surface area contributed by atoms with Gasteiger partial charge < -0.3 is 11.1 Å². The van der Waals surface area contributed by atoms with Gasteiger partial charge in [-0.3, -0.25) is 4.98 Å². The second-order valence-electron chi connectivity index (χ2n) is 4.18. The number of nitrogens with one attached hydrogen (secondary N) is 1. The van der Waals surface area contributed by atoms with Crippen LogP contribution in [0.1, 0.15) is 18.5 Å². The Labute approximate surface area is 111 Å². The van der Waals surface area contributed by atoms with Gasteiger partial charge >= 0.3 is 0 Å². The Hall–Kier alpha value is -0.390. The van der Waals surface area contributed by atoms with Gasteiger partial charge in [0.05, 0.1) is 0 Å². The van der Waals surface area contributed by atoms with Gasteiger partial charge in [0.25, 0.3) is 0 Å². The molecule has 2 heterocycles. The van der Waals surface area contributed by atoms with Crippen LogP contribution in [0, 0.1) is 0 Å². The zero-order valence-corrected chi connectivity index (χ0v) is 11.9. The van der Waals surface area contributed by atoms with Gasteiger partial charge in [-0.1, -0.05) is 6.92 Å². The molecule has 3 N–H and O–H groups in total. The summed E-state index contributed by atoms with van der Waals surface area (Å²) in [7, 11) is 2.00. The van der Waals surface area contributed by atoms with Crippen LogP contribution >= 0.6 is 23.5 Å². The summed E-state index contributed by atoms with van der Waals surface area (Å²) >= 11 is 4.09. The monoisotopic (exact) mass is 269 g/mol.